The Morgan fingerprint density at radius 1 is 1.53 bits per heavy atom. The van der Waals surface area contributed by atoms with Crippen LogP contribution >= 0.6 is 11.8 Å². The van der Waals surface area contributed by atoms with Gasteiger partial charge in [-0.25, -0.2) is 4.79 Å². The molecule has 0 heterocycles. The van der Waals surface area contributed by atoms with E-state index in [2.05, 4.69) is 5.32 Å². The average Bonchev–Trinajstić information content (AvgIpc) is 2.13. The fraction of sp³-hybridized carbons (Fsp3) is 0.667. The van der Waals surface area contributed by atoms with Crippen LogP contribution < -0.4 is 5.32 Å². The van der Waals surface area contributed by atoms with Crippen molar-refractivity contribution in [3.63, 3.8) is 0 Å². The first-order valence-corrected chi connectivity index (χ1v) is 5.61. The van der Waals surface area contributed by atoms with Gasteiger partial charge in [-0.2, -0.15) is 5.26 Å². The molecule has 0 aromatic rings. The predicted molar refractivity (Wildman–Crippen MR) is 57.3 cm³/mol. The van der Waals surface area contributed by atoms with Crippen LogP contribution in [0.2, 0.25) is 0 Å². The van der Waals surface area contributed by atoms with Crippen LogP contribution in [0.3, 0.4) is 0 Å². The van der Waals surface area contributed by atoms with Gasteiger partial charge in [-0.15, -0.1) is 11.8 Å². The fourth-order valence-electron chi connectivity index (χ4n) is 0.918. The molecule has 1 amide bonds. The highest BCUT2D eigenvalue weighted by molar-refractivity contribution is 8.00. The minimum absolute atomic E-state index is 0.115. The smallest absolute Gasteiger partial charge is 0.326 e. The molecular formula is C9H14N2O3S. The van der Waals surface area contributed by atoms with Crippen LogP contribution in [0.4, 0.5) is 0 Å². The Kier molecular flexibility index (Phi) is 6.54. The molecule has 0 aliphatic heterocycles. The fourth-order valence-corrected chi connectivity index (χ4v) is 1.38. The Balaban J connectivity index is 4.02. The van der Waals surface area contributed by atoms with E-state index in [1.807, 2.05) is 6.07 Å². The van der Waals surface area contributed by atoms with Crippen molar-refractivity contribution in [2.75, 3.05) is 11.5 Å². The number of hydrogen-bond acceptors (Lipinski definition) is 4. The van der Waals surface area contributed by atoms with Gasteiger partial charge >= 0.3 is 5.97 Å². The highest BCUT2D eigenvalue weighted by Gasteiger charge is 2.22. The van der Waals surface area contributed by atoms with Crippen LogP contribution in [-0.4, -0.2) is 34.5 Å². The van der Waals surface area contributed by atoms with E-state index in [-0.39, 0.29) is 23.3 Å². The van der Waals surface area contributed by atoms with Crippen molar-refractivity contribution in [3.05, 3.63) is 0 Å². The van der Waals surface area contributed by atoms with Gasteiger partial charge in [-0.3, -0.25) is 4.79 Å². The maximum atomic E-state index is 11.2. The van der Waals surface area contributed by atoms with Crippen LogP contribution in [-0.2, 0) is 9.59 Å². The molecule has 1 atom stereocenters. The zero-order valence-corrected chi connectivity index (χ0v) is 9.50. The lowest BCUT2D eigenvalue weighted by atomic mass is 10.1. The van der Waals surface area contributed by atoms with E-state index in [4.69, 9.17) is 10.4 Å². The molecular weight excluding hydrogens is 216 g/mol. The molecule has 6 heteroatoms. The normalized spacial score (nSPS) is 11.9. The number of nitriles is 1. The number of nitrogens with one attached hydrogen (secondary N) is 1. The lowest BCUT2D eigenvalue weighted by molar-refractivity contribution is -0.142. The molecule has 0 aromatic carbocycles. The van der Waals surface area contributed by atoms with Gasteiger partial charge in [0.2, 0.25) is 5.91 Å². The molecule has 0 aliphatic rings. The number of carboxylic acid groups (broad SMARTS) is 1. The first-order valence-electron chi connectivity index (χ1n) is 4.46. The number of aliphatic carboxylic acids is 1. The van der Waals surface area contributed by atoms with Crippen molar-refractivity contribution < 1.29 is 14.7 Å². The molecule has 2 N–H and O–H groups in total. The van der Waals surface area contributed by atoms with Gasteiger partial charge in [-0.1, -0.05) is 13.8 Å². The molecule has 0 saturated carbocycles. The summed E-state index contributed by atoms with van der Waals surface area (Å²) in [5.74, 6) is -1.20. The van der Waals surface area contributed by atoms with E-state index in [1.54, 1.807) is 13.8 Å². The molecule has 0 fully saturated rings. The third-order valence-electron chi connectivity index (χ3n) is 1.65. The second-order valence-corrected chi connectivity index (χ2v) is 4.26. The summed E-state index contributed by atoms with van der Waals surface area (Å²) < 4.78 is 0. The molecule has 0 saturated heterocycles. The van der Waals surface area contributed by atoms with Crippen LogP contribution in [0.5, 0.6) is 0 Å². The first kappa shape index (κ1) is 13.8. The second-order valence-electron chi connectivity index (χ2n) is 3.28. The Morgan fingerprint density at radius 3 is 2.53 bits per heavy atom. The standard InChI is InChI=1S/C9H14N2O3S/c1-6(2)8(9(13)14)11-7(12)5-15-4-3-10/h6,8H,4-5H2,1-2H3,(H,11,12)(H,13,14). The summed E-state index contributed by atoms with van der Waals surface area (Å²) in [5, 5.41) is 19.4. The Hall–Kier alpha value is -1.22. The predicted octanol–water partition coefficient (Wildman–Crippen LogP) is 0.469. The molecule has 0 aromatic heterocycles. The Labute approximate surface area is 92.8 Å². The summed E-state index contributed by atoms with van der Waals surface area (Å²) in [6, 6.07) is 1.03. The highest BCUT2D eigenvalue weighted by atomic mass is 32.2. The van der Waals surface area contributed by atoms with E-state index < -0.39 is 12.0 Å². The van der Waals surface area contributed by atoms with Gasteiger partial charge in [0, 0.05) is 0 Å². The zero-order chi connectivity index (χ0) is 11.8. The summed E-state index contributed by atoms with van der Waals surface area (Å²) in [6.45, 7) is 3.45. The highest BCUT2D eigenvalue weighted by Crippen LogP contribution is 2.03. The van der Waals surface area contributed by atoms with Gasteiger partial charge in [0.05, 0.1) is 17.6 Å². The lowest BCUT2D eigenvalue weighted by Gasteiger charge is -2.17. The topological polar surface area (TPSA) is 90.2 Å². The van der Waals surface area contributed by atoms with Crippen LogP contribution in [0, 0.1) is 17.2 Å². The number of hydrogen-bond donors (Lipinski definition) is 2. The van der Waals surface area contributed by atoms with Crippen molar-refractivity contribution in [1.29, 1.82) is 5.26 Å². The van der Waals surface area contributed by atoms with Gasteiger partial charge in [-0.05, 0) is 5.92 Å². The molecule has 0 rings (SSSR count). The van der Waals surface area contributed by atoms with Crippen LogP contribution in [0.1, 0.15) is 13.8 Å². The summed E-state index contributed by atoms with van der Waals surface area (Å²) in [6.07, 6.45) is 0. The van der Waals surface area contributed by atoms with Gasteiger partial charge in [0.1, 0.15) is 6.04 Å². The van der Waals surface area contributed by atoms with Crippen LogP contribution in [0.25, 0.3) is 0 Å². The largest absolute Gasteiger partial charge is 0.480 e. The van der Waals surface area contributed by atoms with Crippen molar-refractivity contribution in [2.45, 2.75) is 19.9 Å². The Morgan fingerprint density at radius 2 is 2.13 bits per heavy atom. The quantitative estimate of drug-likeness (QED) is 0.647. The zero-order valence-electron chi connectivity index (χ0n) is 8.69. The first-order chi connectivity index (χ1) is 6.99. The van der Waals surface area contributed by atoms with Crippen molar-refractivity contribution in [3.8, 4) is 6.07 Å². The van der Waals surface area contributed by atoms with E-state index in [1.165, 1.54) is 0 Å². The number of carbonyl (C=O) groups excluding carboxylic acids is 1. The molecule has 5 nitrogen and oxygen atoms in total. The van der Waals surface area contributed by atoms with Crippen molar-refractivity contribution >= 4 is 23.6 Å². The lowest BCUT2D eigenvalue weighted by Crippen LogP contribution is -2.45. The van der Waals surface area contributed by atoms with E-state index in [0.717, 1.165) is 11.8 Å². The van der Waals surface area contributed by atoms with Crippen molar-refractivity contribution in [2.24, 2.45) is 5.92 Å². The average molecular weight is 230 g/mol. The van der Waals surface area contributed by atoms with E-state index >= 15 is 0 Å². The number of amides is 1. The minimum Gasteiger partial charge on any atom is -0.480 e. The second kappa shape index (κ2) is 7.12. The van der Waals surface area contributed by atoms with Gasteiger partial charge in [0.15, 0.2) is 0 Å². The third kappa shape index (κ3) is 5.96. The molecule has 0 radical (unpaired) electrons. The molecule has 0 bridgehead atoms. The van der Waals surface area contributed by atoms with E-state index in [9.17, 15) is 9.59 Å². The summed E-state index contributed by atoms with van der Waals surface area (Å²) >= 11 is 1.16. The number of rotatable bonds is 6. The SMILES string of the molecule is CC(C)C(NC(=O)CSCC#N)C(=O)O. The maximum absolute atomic E-state index is 11.2. The van der Waals surface area contributed by atoms with Crippen LogP contribution in [0.15, 0.2) is 0 Å². The Bertz CT molecular complexity index is 273. The molecule has 1 unspecified atom stereocenters. The number of thioether (sulfide) groups is 1. The molecule has 0 aliphatic carbocycles. The maximum Gasteiger partial charge on any atom is 0.326 e. The molecule has 0 spiro atoms. The van der Waals surface area contributed by atoms with Crippen molar-refractivity contribution in [1.82, 2.24) is 5.32 Å². The number of carbonyl (C=O) groups is 2. The molecule has 84 valence electrons. The monoisotopic (exact) mass is 230 g/mol. The third-order valence-corrected chi connectivity index (χ3v) is 2.45. The van der Waals surface area contributed by atoms with Gasteiger partial charge in [0.25, 0.3) is 0 Å². The van der Waals surface area contributed by atoms with Gasteiger partial charge < -0.3 is 10.4 Å². The molecule has 15 heavy (non-hydrogen) atoms. The minimum atomic E-state index is -1.04. The summed E-state index contributed by atoms with van der Waals surface area (Å²) in [4.78, 5) is 22.0. The number of nitrogens with zero attached hydrogens (tertiary/aromatic N) is 1. The summed E-state index contributed by atoms with van der Waals surface area (Å²) in [5.41, 5.74) is 0. The number of carboxylic acids is 1. The van der Waals surface area contributed by atoms with E-state index in [0.29, 0.717) is 0 Å². The summed E-state index contributed by atoms with van der Waals surface area (Å²) in [7, 11) is 0.